The molecule has 1 aromatic heterocycles. The number of H-pyrrole nitrogens is 1. The van der Waals surface area contributed by atoms with Crippen molar-refractivity contribution < 1.29 is 17.0 Å². The van der Waals surface area contributed by atoms with E-state index in [2.05, 4.69) is 11.6 Å². The number of allylic oxidation sites excluding steroid dienone is 1. The first-order chi connectivity index (χ1) is 5.16. The van der Waals surface area contributed by atoms with Crippen LogP contribution in [0.2, 0.25) is 5.15 Å². The number of aromatic nitrogens is 2. The van der Waals surface area contributed by atoms with E-state index >= 15 is 0 Å². The molecule has 1 heterocycles. The second-order valence-electron chi connectivity index (χ2n) is 2.52. The predicted molar refractivity (Wildman–Crippen MR) is 45.6 cm³/mol. The molecule has 4 heteroatoms. The topological polar surface area (TPSA) is 19.7 Å². The molecule has 0 aromatic carbocycles. The Hall–Kier alpha value is -0.470. The summed E-state index contributed by atoms with van der Waals surface area (Å²) in [4.78, 5) is 3.04. The second-order valence-corrected chi connectivity index (χ2v) is 2.90. The lowest BCUT2D eigenvalue weighted by molar-refractivity contribution is -0.683. The zero-order chi connectivity index (χ0) is 8.43. The number of nitrogens with zero attached hydrogens (tertiary/aromatic N) is 1. The van der Waals surface area contributed by atoms with Crippen molar-refractivity contribution in [3.63, 3.8) is 0 Å². The van der Waals surface area contributed by atoms with Gasteiger partial charge in [-0.2, -0.15) is 0 Å². The fourth-order valence-electron chi connectivity index (χ4n) is 1.03. The maximum Gasteiger partial charge on any atom is 0.252 e. The summed E-state index contributed by atoms with van der Waals surface area (Å²) in [6.07, 6.45) is 2.65. The molecule has 0 aliphatic rings. The van der Waals surface area contributed by atoms with Gasteiger partial charge in [0.1, 0.15) is 0 Å². The van der Waals surface area contributed by atoms with Crippen LogP contribution in [0.4, 0.5) is 0 Å². The Morgan fingerprint density at radius 1 is 1.67 bits per heavy atom. The summed E-state index contributed by atoms with van der Waals surface area (Å²) >= 11 is 5.90. The summed E-state index contributed by atoms with van der Waals surface area (Å²) in [5.41, 5.74) is 1.08. The van der Waals surface area contributed by atoms with E-state index < -0.39 is 0 Å². The summed E-state index contributed by atoms with van der Waals surface area (Å²) in [6, 6.07) is 0. The van der Waals surface area contributed by atoms with Crippen LogP contribution in [0.5, 0.6) is 0 Å². The Balaban J connectivity index is 0.00000121. The number of hydrogen-bond donors (Lipinski definition) is 1. The molecular formula is C8H12Cl2N2. The molecule has 0 atom stereocenters. The number of halogens is 2. The minimum atomic E-state index is 0. The Labute approximate surface area is 83.7 Å². The molecular weight excluding hydrogens is 195 g/mol. The van der Waals surface area contributed by atoms with Crippen LogP contribution in [0.25, 0.3) is 0 Å². The lowest BCUT2D eigenvalue weighted by Gasteiger charge is -1.90. The molecule has 1 rings (SSSR count). The van der Waals surface area contributed by atoms with Gasteiger partial charge < -0.3 is 12.4 Å². The van der Waals surface area contributed by atoms with E-state index in [4.69, 9.17) is 11.6 Å². The third kappa shape index (κ3) is 2.02. The van der Waals surface area contributed by atoms with Crippen LogP contribution < -0.4 is 17.0 Å². The van der Waals surface area contributed by atoms with E-state index in [-0.39, 0.29) is 12.4 Å². The van der Waals surface area contributed by atoms with E-state index in [0.717, 1.165) is 17.9 Å². The first kappa shape index (κ1) is 11.5. The maximum absolute atomic E-state index is 5.90. The highest BCUT2D eigenvalue weighted by Gasteiger charge is 2.15. The highest BCUT2D eigenvalue weighted by molar-refractivity contribution is 6.29. The number of hydrogen-bond acceptors (Lipinski definition) is 0. The number of rotatable bonds is 2. The lowest BCUT2D eigenvalue weighted by Crippen LogP contribution is -3.00. The standard InChI is InChI=1S/C8H11ClN2.ClH/c1-4-5-7-8(9)10-6(2)11(7)3;/h4H,1,5H2,2-3H3;1H. The highest BCUT2D eigenvalue weighted by atomic mass is 35.5. The minimum Gasteiger partial charge on any atom is -1.00 e. The fraction of sp³-hybridized carbons (Fsp3) is 0.375. The van der Waals surface area contributed by atoms with Gasteiger partial charge in [0.05, 0.1) is 7.05 Å². The van der Waals surface area contributed by atoms with Gasteiger partial charge in [-0.3, -0.25) is 0 Å². The molecule has 0 amide bonds. The van der Waals surface area contributed by atoms with Gasteiger partial charge >= 0.3 is 0 Å². The number of aryl methyl sites for hydroxylation is 1. The van der Waals surface area contributed by atoms with Gasteiger partial charge in [-0.25, -0.2) is 9.55 Å². The second kappa shape index (κ2) is 4.53. The van der Waals surface area contributed by atoms with Crippen molar-refractivity contribution in [3.8, 4) is 0 Å². The van der Waals surface area contributed by atoms with E-state index in [1.165, 1.54) is 0 Å². The summed E-state index contributed by atoms with van der Waals surface area (Å²) in [7, 11) is 1.98. The number of aromatic amines is 1. The fourth-order valence-corrected chi connectivity index (χ4v) is 1.37. The van der Waals surface area contributed by atoms with Gasteiger partial charge in [0, 0.05) is 13.3 Å². The monoisotopic (exact) mass is 206 g/mol. The molecule has 1 N–H and O–H groups in total. The van der Waals surface area contributed by atoms with Crippen molar-refractivity contribution in [1.29, 1.82) is 0 Å². The van der Waals surface area contributed by atoms with Crippen molar-refractivity contribution in [2.45, 2.75) is 13.3 Å². The third-order valence-electron chi connectivity index (χ3n) is 1.79. The Morgan fingerprint density at radius 3 is 2.58 bits per heavy atom. The van der Waals surface area contributed by atoms with E-state index in [1.807, 2.05) is 24.6 Å². The van der Waals surface area contributed by atoms with Crippen molar-refractivity contribution in [2.75, 3.05) is 0 Å². The molecule has 0 bridgehead atoms. The highest BCUT2D eigenvalue weighted by Crippen LogP contribution is 2.10. The van der Waals surface area contributed by atoms with Gasteiger partial charge in [0.15, 0.2) is 5.69 Å². The van der Waals surface area contributed by atoms with Crippen molar-refractivity contribution in [2.24, 2.45) is 7.05 Å². The molecule has 2 nitrogen and oxygen atoms in total. The lowest BCUT2D eigenvalue weighted by atomic mass is 10.3. The van der Waals surface area contributed by atoms with Gasteiger partial charge in [-0.15, -0.1) is 6.58 Å². The van der Waals surface area contributed by atoms with Crippen LogP contribution in [0.1, 0.15) is 11.5 Å². The van der Waals surface area contributed by atoms with E-state index in [0.29, 0.717) is 5.15 Å². The van der Waals surface area contributed by atoms with Crippen LogP contribution in [0.15, 0.2) is 12.7 Å². The third-order valence-corrected chi connectivity index (χ3v) is 2.10. The Bertz CT molecular complexity index is 279. The van der Waals surface area contributed by atoms with Crippen LogP contribution in [0.3, 0.4) is 0 Å². The molecule has 0 saturated heterocycles. The Kier molecular flexibility index (Phi) is 4.35. The quantitative estimate of drug-likeness (QED) is 0.451. The van der Waals surface area contributed by atoms with Crippen molar-refractivity contribution in [3.05, 3.63) is 29.3 Å². The average molecular weight is 207 g/mol. The van der Waals surface area contributed by atoms with Crippen molar-refractivity contribution in [1.82, 2.24) is 4.98 Å². The summed E-state index contributed by atoms with van der Waals surface area (Å²) in [5, 5.41) is 0.713. The smallest absolute Gasteiger partial charge is 0.252 e. The van der Waals surface area contributed by atoms with E-state index in [9.17, 15) is 0 Å². The summed E-state index contributed by atoms with van der Waals surface area (Å²) < 4.78 is 2.03. The predicted octanol–water partition coefficient (Wildman–Crippen LogP) is -1.47. The summed E-state index contributed by atoms with van der Waals surface area (Å²) in [5.74, 6) is 1.06. The first-order valence-electron chi connectivity index (χ1n) is 3.50. The first-order valence-corrected chi connectivity index (χ1v) is 3.88. The van der Waals surface area contributed by atoms with Gasteiger partial charge in [0.2, 0.25) is 5.15 Å². The summed E-state index contributed by atoms with van der Waals surface area (Å²) in [6.45, 7) is 5.65. The van der Waals surface area contributed by atoms with Crippen molar-refractivity contribution >= 4 is 11.6 Å². The molecule has 0 saturated carbocycles. The molecule has 0 spiro atoms. The van der Waals surface area contributed by atoms with Crippen LogP contribution in [-0.4, -0.2) is 4.98 Å². The van der Waals surface area contributed by atoms with Crippen LogP contribution >= 0.6 is 11.6 Å². The minimum absolute atomic E-state index is 0. The zero-order valence-corrected chi connectivity index (χ0v) is 8.71. The SMILES string of the molecule is C=CCc1c(Cl)[nH]c(C)[n+]1C.[Cl-]. The molecule has 0 unspecified atom stereocenters. The van der Waals surface area contributed by atoms with Crippen LogP contribution in [0, 0.1) is 6.92 Å². The van der Waals surface area contributed by atoms with Crippen LogP contribution in [-0.2, 0) is 13.5 Å². The molecule has 12 heavy (non-hydrogen) atoms. The number of imidazole rings is 1. The molecule has 68 valence electrons. The van der Waals surface area contributed by atoms with E-state index in [1.54, 1.807) is 0 Å². The number of nitrogens with one attached hydrogen (secondary N) is 1. The molecule has 0 radical (unpaired) electrons. The molecule has 1 aromatic rings. The Morgan fingerprint density at radius 2 is 2.25 bits per heavy atom. The van der Waals surface area contributed by atoms with Gasteiger partial charge in [-0.05, 0) is 11.6 Å². The largest absolute Gasteiger partial charge is 1.00 e. The normalized spacial score (nSPS) is 9.25. The molecule has 0 aliphatic heterocycles. The molecule has 0 aliphatic carbocycles. The van der Waals surface area contributed by atoms with Gasteiger partial charge in [-0.1, -0.05) is 6.08 Å². The molecule has 0 fully saturated rings. The zero-order valence-electron chi connectivity index (χ0n) is 7.19. The average Bonchev–Trinajstić information content (AvgIpc) is 2.17. The van der Waals surface area contributed by atoms with Gasteiger partial charge in [0.25, 0.3) is 5.82 Å². The maximum atomic E-state index is 5.90.